The maximum atomic E-state index is 13.5. The minimum absolute atomic E-state index is 0.0356. The number of nitrogens with one attached hydrogen (secondary N) is 1. The largest absolute Gasteiger partial charge is 0.487 e. The summed E-state index contributed by atoms with van der Waals surface area (Å²) in [4.78, 5) is 19.0. The molecule has 42 heavy (non-hydrogen) atoms. The smallest absolute Gasteiger partial charge is 0.163 e. The van der Waals surface area contributed by atoms with E-state index >= 15 is 0 Å². The number of halogens is 2. The average Bonchev–Trinajstić information content (AvgIpc) is 3.01. The summed E-state index contributed by atoms with van der Waals surface area (Å²) in [5.41, 5.74) is 2.31. The Morgan fingerprint density at radius 1 is 0.952 bits per heavy atom. The third kappa shape index (κ3) is 7.58. The van der Waals surface area contributed by atoms with E-state index < -0.39 is 5.82 Å². The Hall–Kier alpha value is -4.12. The molecule has 0 spiro atoms. The van der Waals surface area contributed by atoms with E-state index in [4.69, 9.17) is 25.8 Å². The fourth-order valence-electron chi connectivity index (χ4n) is 4.52. The molecule has 1 fully saturated rings. The summed E-state index contributed by atoms with van der Waals surface area (Å²) in [6.07, 6.45) is 6.81. The predicted molar refractivity (Wildman–Crippen MR) is 162 cm³/mol. The van der Waals surface area contributed by atoms with Gasteiger partial charge in [-0.25, -0.2) is 24.3 Å². The first-order chi connectivity index (χ1) is 20.5. The van der Waals surface area contributed by atoms with Crippen molar-refractivity contribution < 1.29 is 18.6 Å². The predicted octanol–water partition coefficient (Wildman–Crippen LogP) is 6.29. The molecule has 1 aliphatic heterocycles. The maximum Gasteiger partial charge on any atom is 0.163 e. The fraction of sp³-hybridized carbons (Fsp3) is 0.290. The number of fused-ring (bicyclic) bond motifs is 2. The van der Waals surface area contributed by atoms with Gasteiger partial charge >= 0.3 is 0 Å². The van der Waals surface area contributed by atoms with Crippen molar-refractivity contribution in [2.75, 3.05) is 45.8 Å². The van der Waals surface area contributed by atoms with Crippen LogP contribution in [0.1, 0.15) is 12.8 Å². The van der Waals surface area contributed by atoms with E-state index in [1.165, 1.54) is 18.5 Å². The number of para-hydroxylation sites is 1. The molecule has 9 nitrogen and oxygen atoms in total. The van der Waals surface area contributed by atoms with E-state index in [0.717, 1.165) is 42.2 Å². The topological polar surface area (TPSA) is 94.5 Å². The van der Waals surface area contributed by atoms with Gasteiger partial charge in [-0.05, 0) is 50.2 Å². The number of nitrogens with zero attached hydrogens (tertiary/aromatic N) is 5. The van der Waals surface area contributed by atoms with E-state index in [9.17, 15) is 4.39 Å². The number of methoxy groups -OCH3 is 1. The molecule has 0 bridgehead atoms. The second-order valence-electron chi connectivity index (χ2n) is 9.84. The molecule has 0 saturated carbocycles. The number of ether oxygens (including phenoxy) is 3. The lowest BCUT2D eigenvalue weighted by atomic mass is 10.1. The van der Waals surface area contributed by atoms with Gasteiger partial charge in [0.2, 0.25) is 0 Å². The molecule has 0 radical (unpaired) electrons. The number of hydrogen-bond acceptors (Lipinski definition) is 9. The van der Waals surface area contributed by atoms with E-state index in [-0.39, 0.29) is 11.1 Å². The number of piperidine rings is 1. The summed E-state index contributed by atoms with van der Waals surface area (Å²) in [5, 5.41) is 5.08. The fourth-order valence-corrected chi connectivity index (χ4v) is 4.70. The van der Waals surface area contributed by atoms with Crippen molar-refractivity contribution in [2.45, 2.75) is 18.9 Å². The van der Waals surface area contributed by atoms with Crippen molar-refractivity contribution in [3.63, 3.8) is 0 Å². The standard InChI is InChI=1S/C23H26ClFN4O3.C8H6N2/c1-29-7-5-16(6-8-29)32-22-12-17-20(13-21(22)31-10-9-30-2)26-14-27-23(17)28-15-3-4-19(25)18(24)11-15;1-2-4-8-7(3-1)5-9-6-10-8/h3-4,11-14,16H,5-10H2,1-2H3,(H,26,27,28);1-6H. The number of benzene rings is 3. The van der Waals surface area contributed by atoms with Gasteiger partial charge < -0.3 is 24.4 Å². The van der Waals surface area contributed by atoms with E-state index in [2.05, 4.69) is 37.2 Å². The van der Waals surface area contributed by atoms with Gasteiger partial charge in [0.15, 0.2) is 11.5 Å². The summed E-state index contributed by atoms with van der Waals surface area (Å²) >= 11 is 5.93. The molecule has 1 aliphatic rings. The van der Waals surface area contributed by atoms with Crippen LogP contribution in [0, 0.1) is 5.82 Å². The van der Waals surface area contributed by atoms with Crippen LogP contribution in [-0.4, -0.2) is 71.4 Å². The molecule has 5 aromatic rings. The lowest BCUT2D eigenvalue weighted by Crippen LogP contribution is -2.35. The second kappa shape index (κ2) is 14.2. The number of rotatable bonds is 8. The van der Waals surface area contributed by atoms with Gasteiger partial charge in [-0.2, -0.15) is 0 Å². The van der Waals surface area contributed by atoms with Crippen LogP contribution in [0.2, 0.25) is 5.02 Å². The molecule has 0 atom stereocenters. The van der Waals surface area contributed by atoms with Crippen LogP contribution in [0.5, 0.6) is 11.5 Å². The highest BCUT2D eigenvalue weighted by Gasteiger charge is 2.21. The molecule has 1 saturated heterocycles. The quantitative estimate of drug-likeness (QED) is 0.209. The van der Waals surface area contributed by atoms with Crippen LogP contribution in [0.3, 0.4) is 0 Å². The third-order valence-corrected chi connectivity index (χ3v) is 7.09. The summed E-state index contributed by atoms with van der Waals surface area (Å²) in [6, 6.07) is 16.1. The molecule has 1 N–H and O–H groups in total. The summed E-state index contributed by atoms with van der Waals surface area (Å²) in [6.45, 7) is 2.84. The van der Waals surface area contributed by atoms with Crippen molar-refractivity contribution in [2.24, 2.45) is 0 Å². The highest BCUT2D eigenvalue weighted by molar-refractivity contribution is 6.31. The van der Waals surface area contributed by atoms with E-state index in [0.29, 0.717) is 41.7 Å². The first-order valence-electron chi connectivity index (χ1n) is 13.6. The Labute approximate surface area is 248 Å². The molecule has 2 aromatic heterocycles. The minimum atomic E-state index is -0.476. The Morgan fingerprint density at radius 2 is 1.76 bits per heavy atom. The SMILES string of the molecule is COCCOc1cc2ncnc(Nc3ccc(F)c(Cl)c3)c2cc1OC1CCN(C)CC1.c1ccc2ncncc2c1. The molecule has 218 valence electrons. The highest BCUT2D eigenvalue weighted by atomic mass is 35.5. The monoisotopic (exact) mass is 590 g/mol. The Kier molecular flexibility index (Phi) is 9.91. The normalized spacial score (nSPS) is 13.9. The molecule has 3 aromatic carbocycles. The van der Waals surface area contributed by atoms with Crippen molar-refractivity contribution in [3.05, 3.63) is 84.3 Å². The molecule has 0 aliphatic carbocycles. The number of likely N-dealkylation sites (tertiary alicyclic amines) is 1. The molecule has 6 rings (SSSR count). The van der Waals surface area contributed by atoms with Gasteiger partial charge in [0.1, 0.15) is 37.0 Å². The Bertz CT molecular complexity index is 1570. The van der Waals surface area contributed by atoms with Crippen molar-refractivity contribution in [1.29, 1.82) is 0 Å². The molecule has 3 heterocycles. The van der Waals surface area contributed by atoms with Gasteiger partial charge in [0, 0.05) is 48.9 Å². The van der Waals surface area contributed by atoms with Crippen LogP contribution >= 0.6 is 11.6 Å². The molecule has 0 amide bonds. The van der Waals surface area contributed by atoms with Crippen molar-refractivity contribution >= 4 is 44.9 Å². The zero-order valence-corrected chi connectivity index (χ0v) is 24.2. The Balaban J connectivity index is 0.000000295. The van der Waals surface area contributed by atoms with Gasteiger partial charge in [-0.1, -0.05) is 29.8 Å². The number of anilines is 2. The minimum Gasteiger partial charge on any atom is -0.487 e. The zero-order valence-electron chi connectivity index (χ0n) is 23.5. The summed E-state index contributed by atoms with van der Waals surface area (Å²) in [7, 11) is 3.75. The lowest BCUT2D eigenvalue weighted by Gasteiger charge is -2.30. The van der Waals surface area contributed by atoms with Crippen molar-refractivity contribution in [3.8, 4) is 11.5 Å². The van der Waals surface area contributed by atoms with Crippen LogP contribution in [0.25, 0.3) is 21.8 Å². The van der Waals surface area contributed by atoms with Gasteiger partial charge in [0.05, 0.1) is 22.7 Å². The van der Waals surface area contributed by atoms with Crippen LogP contribution in [0.4, 0.5) is 15.9 Å². The number of hydrogen-bond donors (Lipinski definition) is 1. The van der Waals surface area contributed by atoms with Crippen LogP contribution in [0.15, 0.2) is 73.4 Å². The molecule has 0 unspecified atom stereocenters. The highest BCUT2D eigenvalue weighted by Crippen LogP contribution is 2.36. The first-order valence-corrected chi connectivity index (χ1v) is 14.0. The van der Waals surface area contributed by atoms with Gasteiger partial charge in [-0.15, -0.1) is 0 Å². The first kappa shape index (κ1) is 29.4. The summed E-state index contributed by atoms with van der Waals surface area (Å²) in [5.74, 6) is 1.34. The maximum absolute atomic E-state index is 13.5. The molecule has 11 heteroatoms. The van der Waals surface area contributed by atoms with Gasteiger partial charge in [0.25, 0.3) is 0 Å². The van der Waals surface area contributed by atoms with Gasteiger partial charge in [-0.3, -0.25) is 0 Å². The lowest BCUT2D eigenvalue weighted by molar-refractivity contribution is 0.105. The third-order valence-electron chi connectivity index (χ3n) is 6.80. The van der Waals surface area contributed by atoms with Crippen LogP contribution in [-0.2, 0) is 4.74 Å². The number of aromatic nitrogens is 4. The second-order valence-corrected chi connectivity index (χ2v) is 10.2. The average molecular weight is 591 g/mol. The van der Waals surface area contributed by atoms with E-state index in [1.807, 2.05) is 42.6 Å². The Morgan fingerprint density at radius 3 is 2.55 bits per heavy atom. The summed E-state index contributed by atoms with van der Waals surface area (Å²) < 4.78 is 30.9. The van der Waals surface area contributed by atoms with Crippen LogP contribution < -0.4 is 14.8 Å². The van der Waals surface area contributed by atoms with Crippen molar-refractivity contribution in [1.82, 2.24) is 24.8 Å². The molecular weight excluding hydrogens is 559 g/mol. The van der Waals surface area contributed by atoms with E-state index in [1.54, 1.807) is 19.5 Å². The molecular formula is C31H32ClFN6O3. The zero-order chi connectivity index (χ0) is 29.3.